The molecule has 0 spiro atoms. The molecule has 11 aromatic rings. The zero-order valence-electron chi connectivity index (χ0n) is 32.5. The predicted molar refractivity (Wildman–Crippen MR) is 246 cm³/mol. The molecule has 0 amide bonds. The van der Waals surface area contributed by atoms with Crippen LogP contribution in [0.1, 0.15) is 25.0 Å². The largest absolute Gasteiger partial charge is 0.277 e. The third-order valence-corrected chi connectivity index (χ3v) is 13.5. The third-order valence-electron chi connectivity index (χ3n) is 12.3. The van der Waals surface area contributed by atoms with Gasteiger partial charge in [0.15, 0.2) is 11.6 Å². The van der Waals surface area contributed by atoms with Gasteiger partial charge >= 0.3 is 0 Å². The van der Waals surface area contributed by atoms with Gasteiger partial charge in [-0.25, -0.2) is 4.98 Å². The van der Waals surface area contributed by atoms with Crippen LogP contribution in [0, 0.1) is 0 Å². The van der Waals surface area contributed by atoms with Crippen LogP contribution in [0.3, 0.4) is 0 Å². The molecule has 12 rings (SSSR count). The monoisotopic (exact) mass is 772 g/mol. The van der Waals surface area contributed by atoms with E-state index in [1.54, 1.807) is 11.3 Å². The molecule has 1 aliphatic carbocycles. The molecule has 0 N–H and O–H groups in total. The van der Waals surface area contributed by atoms with Crippen molar-refractivity contribution in [3.8, 4) is 62.1 Å². The number of hydrogen-bond donors (Lipinski definition) is 0. The molecule has 278 valence electrons. The average molecular weight is 773 g/mol. The maximum Gasteiger partial charge on any atom is 0.238 e. The van der Waals surface area contributed by atoms with E-state index in [0.717, 1.165) is 33.3 Å². The molecular weight excluding hydrogens is 737 g/mol. The fourth-order valence-corrected chi connectivity index (χ4v) is 10.7. The number of para-hydroxylation sites is 1. The molecule has 0 unspecified atom stereocenters. The minimum absolute atomic E-state index is 0.242. The topological polar surface area (TPSA) is 43.6 Å². The maximum atomic E-state index is 5.46. The molecule has 5 heteroatoms. The molecule has 8 aromatic carbocycles. The molecule has 0 aliphatic heterocycles. The van der Waals surface area contributed by atoms with E-state index < -0.39 is 0 Å². The number of thiophene rings is 1. The van der Waals surface area contributed by atoms with Gasteiger partial charge in [0.1, 0.15) is 0 Å². The molecule has 0 atom stereocenters. The highest BCUT2D eigenvalue weighted by molar-refractivity contribution is 7.26. The maximum absolute atomic E-state index is 5.46. The smallest absolute Gasteiger partial charge is 0.238 e. The zero-order chi connectivity index (χ0) is 39.2. The summed E-state index contributed by atoms with van der Waals surface area (Å²) in [6, 6.07) is 65.2. The Kier molecular flexibility index (Phi) is 7.41. The minimum Gasteiger partial charge on any atom is -0.277 e. The summed E-state index contributed by atoms with van der Waals surface area (Å²) in [5.74, 6) is 1.90. The summed E-state index contributed by atoms with van der Waals surface area (Å²) < 4.78 is 4.72. The number of aromatic nitrogens is 4. The van der Waals surface area contributed by atoms with Gasteiger partial charge in [-0.2, -0.15) is 9.97 Å². The van der Waals surface area contributed by atoms with E-state index >= 15 is 0 Å². The minimum atomic E-state index is -0.242. The van der Waals surface area contributed by atoms with E-state index in [1.807, 2.05) is 0 Å². The Morgan fingerprint density at radius 2 is 1.02 bits per heavy atom. The van der Waals surface area contributed by atoms with Gasteiger partial charge in [0.25, 0.3) is 0 Å². The molecule has 0 bridgehead atoms. The second-order valence-electron chi connectivity index (χ2n) is 16.0. The highest BCUT2D eigenvalue weighted by atomic mass is 32.1. The van der Waals surface area contributed by atoms with Gasteiger partial charge in [-0.05, 0) is 62.7 Å². The molecule has 0 radical (unpaired) electrons. The Labute approximate surface area is 345 Å². The van der Waals surface area contributed by atoms with Crippen LogP contribution in [0.4, 0.5) is 0 Å². The molecule has 0 saturated heterocycles. The van der Waals surface area contributed by atoms with Crippen LogP contribution in [0.15, 0.2) is 182 Å². The Morgan fingerprint density at radius 3 is 1.80 bits per heavy atom. The first-order valence-electron chi connectivity index (χ1n) is 20.1. The number of hydrogen-bond acceptors (Lipinski definition) is 4. The Hall–Kier alpha value is -7.21. The molecule has 3 aromatic heterocycles. The van der Waals surface area contributed by atoms with E-state index in [4.69, 9.17) is 15.0 Å². The summed E-state index contributed by atoms with van der Waals surface area (Å²) in [6.07, 6.45) is 0. The van der Waals surface area contributed by atoms with Crippen molar-refractivity contribution in [3.63, 3.8) is 0 Å². The molecule has 0 saturated carbocycles. The number of rotatable bonds is 5. The van der Waals surface area contributed by atoms with Gasteiger partial charge < -0.3 is 0 Å². The lowest BCUT2D eigenvalue weighted by atomic mass is 9.81. The lowest BCUT2D eigenvalue weighted by molar-refractivity contribution is 0.663. The van der Waals surface area contributed by atoms with Crippen molar-refractivity contribution in [2.75, 3.05) is 0 Å². The standard InChI is InChI=1S/C54H36N4S/c1-54(2)45-20-9-6-15-38(45)41-31-32-42-39-16-7-10-21-46(39)58(49(42)48(41)54)53-56-51(55-52(57-53)44-19-12-18-43-40-17-8-11-22-47(40)59-50(43)44)37-29-27-36(28-30-37)35-25-23-34(24-26-35)33-13-4-3-5-14-33/h3-32H,1-2H3. The SMILES string of the molecule is CC1(C)c2ccccc2-c2ccc3c4ccccc4n(-c4nc(-c5ccc(-c6ccc(-c7ccccc7)cc6)cc5)nc(-c5cccc6c5sc5ccccc56)n4)c3c21. The van der Waals surface area contributed by atoms with Crippen molar-refractivity contribution in [2.24, 2.45) is 0 Å². The lowest BCUT2D eigenvalue weighted by Gasteiger charge is -2.23. The summed E-state index contributed by atoms with van der Waals surface area (Å²) in [5, 5.41) is 4.83. The van der Waals surface area contributed by atoms with E-state index in [-0.39, 0.29) is 5.41 Å². The van der Waals surface area contributed by atoms with E-state index in [9.17, 15) is 0 Å². The summed E-state index contributed by atoms with van der Waals surface area (Å²) in [4.78, 5) is 16.2. The molecule has 59 heavy (non-hydrogen) atoms. The van der Waals surface area contributed by atoms with Crippen molar-refractivity contribution in [1.82, 2.24) is 19.5 Å². The van der Waals surface area contributed by atoms with Crippen molar-refractivity contribution in [1.29, 1.82) is 0 Å². The van der Waals surface area contributed by atoms with Crippen LogP contribution in [-0.2, 0) is 5.41 Å². The highest BCUT2D eigenvalue weighted by Crippen LogP contribution is 2.53. The fraction of sp³-hybridized carbons (Fsp3) is 0.0556. The van der Waals surface area contributed by atoms with Gasteiger partial charge in [-0.3, -0.25) is 4.57 Å². The van der Waals surface area contributed by atoms with Crippen molar-refractivity contribution in [2.45, 2.75) is 19.3 Å². The highest BCUT2D eigenvalue weighted by Gasteiger charge is 2.38. The van der Waals surface area contributed by atoms with Crippen LogP contribution in [0.25, 0.3) is 104 Å². The average Bonchev–Trinajstić information content (AvgIpc) is 3.92. The van der Waals surface area contributed by atoms with Gasteiger partial charge in [0.2, 0.25) is 5.95 Å². The lowest BCUT2D eigenvalue weighted by Crippen LogP contribution is -2.17. The quantitative estimate of drug-likeness (QED) is 0.175. The van der Waals surface area contributed by atoms with Crippen LogP contribution >= 0.6 is 11.3 Å². The Balaban J connectivity index is 1.08. The second-order valence-corrected chi connectivity index (χ2v) is 17.0. The number of fused-ring (bicyclic) bond motifs is 10. The fourth-order valence-electron chi connectivity index (χ4n) is 9.46. The van der Waals surface area contributed by atoms with Crippen molar-refractivity contribution in [3.05, 3.63) is 193 Å². The first kappa shape index (κ1) is 33.9. The summed E-state index contributed by atoms with van der Waals surface area (Å²) in [6.45, 7) is 4.70. The summed E-state index contributed by atoms with van der Waals surface area (Å²) in [5.41, 5.74) is 13.8. The Morgan fingerprint density at radius 1 is 0.424 bits per heavy atom. The van der Waals surface area contributed by atoms with Crippen LogP contribution in [-0.4, -0.2) is 19.5 Å². The normalized spacial score (nSPS) is 13.1. The molecule has 1 aliphatic rings. The van der Waals surface area contributed by atoms with Gasteiger partial charge in [-0.1, -0.05) is 178 Å². The third kappa shape index (κ3) is 5.18. The van der Waals surface area contributed by atoms with Crippen molar-refractivity contribution < 1.29 is 0 Å². The molecule has 4 nitrogen and oxygen atoms in total. The number of benzene rings is 8. The molecule has 3 heterocycles. The van der Waals surface area contributed by atoms with E-state index in [0.29, 0.717) is 17.6 Å². The predicted octanol–water partition coefficient (Wildman–Crippen LogP) is 14.3. The van der Waals surface area contributed by atoms with Gasteiger partial charge in [0.05, 0.1) is 11.0 Å². The van der Waals surface area contributed by atoms with Crippen LogP contribution in [0.2, 0.25) is 0 Å². The molecule has 0 fully saturated rings. The van der Waals surface area contributed by atoms with E-state index in [1.165, 1.54) is 64.3 Å². The van der Waals surface area contributed by atoms with Crippen LogP contribution < -0.4 is 0 Å². The van der Waals surface area contributed by atoms with Crippen molar-refractivity contribution >= 4 is 53.3 Å². The van der Waals surface area contributed by atoms with E-state index in [2.05, 4.69) is 200 Å². The summed E-state index contributed by atoms with van der Waals surface area (Å²) >= 11 is 1.79. The first-order valence-corrected chi connectivity index (χ1v) is 20.9. The first-order chi connectivity index (χ1) is 29.0. The molecular formula is C54H36N4S. The van der Waals surface area contributed by atoms with Gasteiger partial charge in [0, 0.05) is 47.5 Å². The van der Waals surface area contributed by atoms with Crippen LogP contribution in [0.5, 0.6) is 0 Å². The zero-order valence-corrected chi connectivity index (χ0v) is 33.3. The number of nitrogens with zero attached hydrogens (tertiary/aromatic N) is 4. The second kappa shape index (κ2) is 12.9. The van der Waals surface area contributed by atoms with Gasteiger partial charge in [-0.15, -0.1) is 11.3 Å². The summed E-state index contributed by atoms with van der Waals surface area (Å²) in [7, 11) is 0. The Bertz CT molecular complexity index is 3450.